The second kappa shape index (κ2) is 26.1. The van der Waals surface area contributed by atoms with E-state index in [1.54, 1.807) is 19.1 Å². The Morgan fingerprint density at radius 2 is 1.59 bits per heavy atom. The first-order valence-electron chi connectivity index (χ1n) is 20.2. The summed E-state index contributed by atoms with van der Waals surface area (Å²) in [7, 11) is 0. The molecule has 1 aromatic carbocycles. The van der Waals surface area contributed by atoms with Crippen molar-refractivity contribution in [3.63, 3.8) is 0 Å². The predicted octanol–water partition coefficient (Wildman–Crippen LogP) is 2.73. The van der Waals surface area contributed by atoms with E-state index in [1.807, 2.05) is 20.8 Å². The van der Waals surface area contributed by atoms with Gasteiger partial charge in [-0.05, 0) is 80.0 Å². The van der Waals surface area contributed by atoms with Crippen LogP contribution < -0.4 is 32.7 Å². The van der Waals surface area contributed by atoms with Gasteiger partial charge in [0.2, 0.25) is 29.5 Å². The maximum Gasteiger partial charge on any atom is 0.326 e. The van der Waals surface area contributed by atoms with E-state index in [0.717, 1.165) is 18.2 Å². The lowest BCUT2D eigenvalue weighted by Gasteiger charge is -2.31. The zero-order valence-electron chi connectivity index (χ0n) is 34.4. The summed E-state index contributed by atoms with van der Waals surface area (Å²) in [4.78, 5) is 89.5. The van der Waals surface area contributed by atoms with Crippen LogP contribution in [0.4, 0.5) is 0 Å². The van der Waals surface area contributed by atoms with Crippen molar-refractivity contribution in [2.45, 2.75) is 135 Å². The van der Waals surface area contributed by atoms with E-state index in [-0.39, 0.29) is 62.8 Å². The van der Waals surface area contributed by atoms with Crippen LogP contribution in [0.1, 0.15) is 97.5 Å². The predicted molar refractivity (Wildman–Crippen MR) is 226 cm³/mol. The van der Waals surface area contributed by atoms with Crippen molar-refractivity contribution in [2.24, 2.45) is 33.4 Å². The number of carbonyl (C=O) groups excluding carboxylic acids is 5. The van der Waals surface area contributed by atoms with Gasteiger partial charge in [-0.3, -0.25) is 29.0 Å². The number of phenolic OH excluding ortho intramolecular Hbond substituents is 1. The largest absolute Gasteiger partial charge is 0.508 e. The van der Waals surface area contributed by atoms with Gasteiger partial charge in [0.05, 0.1) is 0 Å². The van der Waals surface area contributed by atoms with Crippen LogP contribution >= 0.6 is 15.9 Å². The number of guanidine groups is 1. The minimum absolute atomic E-state index is 0.0119. The van der Waals surface area contributed by atoms with Crippen LogP contribution in [-0.4, -0.2) is 111 Å². The molecule has 328 valence electrons. The van der Waals surface area contributed by atoms with E-state index in [0.29, 0.717) is 31.2 Å². The minimum Gasteiger partial charge on any atom is -0.508 e. The molecule has 1 aliphatic heterocycles. The van der Waals surface area contributed by atoms with Gasteiger partial charge in [-0.15, -0.1) is 0 Å². The number of hydrogen-bond donors (Lipinski definition) is 8. The highest BCUT2D eigenvalue weighted by molar-refractivity contribution is 9.09. The van der Waals surface area contributed by atoms with Gasteiger partial charge < -0.3 is 47.8 Å². The molecule has 20 heteroatoms. The molecular weight excluding hydrogens is 830 g/mol. The minimum atomic E-state index is -1.26. The van der Waals surface area contributed by atoms with E-state index < -0.39 is 77.7 Å². The van der Waals surface area contributed by atoms with Gasteiger partial charge in [0.1, 0.15) is 42.0 Å². The Morgan fingerprint density at radius 3 is 2.19 bits per heavy atom. The van der Waals surface area contributed by atoms with Crippen molar-refractivity contribution in [1.29, 1.82) is 0 Å². The lowest BCUT2D eigenvalue weighted by atomic mass is 9.96. The van der Waals surface area contributed by atoms with Crippen LogP contribution in [0.3, 0.4) is 0 Å². The fourth-order valence-electron chi connectivity index (χ4n) is 6.70. The second-order valence-corrected chi connectivity index (χ2v) is 16.1. The number of nitrogens with zero attached hydrogens (tertiary/aromatic N) is 5. The summed E-state index contributed by atoms with van der Waals surface area (Å²) in [5.41, 5.74) is 20.7. The highest BCUT2D eigenvalue weighted by atomic mass is 79.9. The summed E-state index contributed by atoms with van der Waals surface area (Å²) in [6.45, 7) is 7.55. The van der Waals surface area contributed by atoms with E-state index in [2.05, 4.69) is 52.2 Å². The van der Waals surface area contributed by atoms with Crippen molar-refractivity contribution >= 4 is 57.4 Å². The van der Waals surface area contributed by atoms with Gasteiger partial charge in [-0.1, -0.05) is 80.1 Å². The topological polar surface area (TPSA) is 307 Å². The molecule has 7 atom stereocenters. The number of aliphatic carboxylic acids is 1. The van der Waals surface area contributed by atoms with Gasteiger partial charge in [-0.2, -0.15) is 0 Å². The first kappa shape index (κ1) is 50.0. The number of carboxylic acids is 1. The number of aromatic hydroxyl groups is 1. The number of likely N-dealkylation sites (tertiary alicyclic amines) is 1. The summed E-state index contributed by atoms with van der Waals surface area (Å²) in [5.74, 6) is -5.06. The molecule has 1 saturated heterocycles. The first-order valence-corrected chi connectivity index (χ1v) is 21.3. The molecule has 2 rings (SSSR count). The summed E-state index contributed by atoms with van der Waals surface area (Å²) >= 11 is 3.37. The Morgan fingerprint density at radius 1 is 0.915 bits per heavy atom. The Kier molecular flexibility index (Phi) is 22.1. The molecule has 10 N–H and O–H groups in total. The van der Waals surface area contributed by atoms with Gasteiger partial charge in [-0.25, -0.2) is 4.79 Å². The fraction of sp³-hybridized carbons (Fsp3) is 0.667. The number of nitrogens with two attached hydrogens (primary N) is 2. The number of azide groups is 1. The summed E-state index contributed by atoms with van der Waals surface area (Å²) in [6, 6.07) is -0.800. The molecule has 0 unspecified atom stereocenters. The normalized spacial score (nSPS) is 16.6. The average Bonchev–Trinajstić information content (AvgIpc) is 3.69. The van der Waals surface area contributed by atoms with Gasteiger partial charge in [0.15, 0.2) is 5.96 Å². The number of carbonyl (C=O) groups is 6. The van der Waals surface area contributed by atoms with Crippen LogP contribution in [0.15, 0.2) is 34.4 Å². The molecule has 1 aromatic rings. The summed E-state index contributed by atoms with van der Waals surface area (Å²) in [5, 5.41) is 34.9. The highest BCUT2D eigenvalue weighted by Crippen LogP contribution is 2.22. The van der Waals surface area contributed by atoms with Gasteiger partial charge in [0, 0.05) is 29.8 Å². The number of aliphatic imine (C=N–C) groups is 1. The number of carboxylic acid groups (broad SMARTS) is 1. The molecule has 19 nitrogen and oxygen atoms in total. The lowest BCUT2D eigenvalue weighted by Crippen LogP contribution is -2.60. The van der Waals surface area contributed by atoms with Crippen LogP contribution in [0, 0.1) is 11.8 Å². The number of hydrogen-bond acceptors (Lipinski definition) is 9. The van der Waals surface area contributed by atoms with Crippen molar-refractivity contribution in [1.82, 2.24) is 26.2 Å². The smallest absolute Gasteiger partial charge is 0.326 e. The van der Waals surface area contributed by atoms with Crippen LogP contribution in [-0.2, 0) is 35.2 Å². The SMILES string of the molecule is CC[C@H](C)[C@H](NC(=O)[C@H](Cc1ccc(O)cc1)NC(=O)[C@@H]1CCCN1C(=O)[C@H](CCCN=C(N)N)NC(=O)[C@H](CCCCCBr)N=[N+]=[N-])C(=O)N[C@@H](CC(C)C)C(=O)O. The Hall–Kier alpha value is -5.10. The number of amides is 5. The van der Waals surface area contributed by atoms with Crippen molar-refractivity contribution in [3.05, 3.63) is 40.3 Å². The monoisotopic (exact) mass is 891 g/mol. The molecule has 0 radical (unpaired) electrons. The third-order valence-corrected chi connectivity index (χ3v) is 10.7. The molecule has 0 bridgehead atoms. The number of rotatable bonds is 26. The zero-order chi connectivity index (χ0) is 44.1. The standard InChI is InChI=1S/C39H62BrN11O8/c1-5-24(4)32(36(56)47-30(38(58)59)21-23(2)3)48-34(54)29(22-25-14-16-26(52)17-15-25)46-35(55)31-13-10-20-51(31)37(57)28(12-9-19-44-39(41)42)45-33(53)27(49-50-43)11-7-6-8-18-40/h14-17,23-24,27-32,52H,5-13,18-22H2,1-4H3,(H,45,53)(H,46,55)(H,47,56)(H,48,54)(H,58,59)(H4,41,42,44)/t24-,27-,28-,29-,30-,31-,32-/m0/s1. The molecular formula is C39H62BrN11O8. The van der Waals surface area contributed by atoms with Gasteiger partial charge >= 0.3 is 5.97 Å². The number of nitrogens with one attached hydrogen (secondary N) is 4. The van der Waals surface area contributed by atoms with Crippen LogP contribution in [0.2, 0.25) is 0 Å². The summed E-state index contributed by atoms with van der Waals surface area (Å²) < 4.78 is 0. The molecule has 1 aliphatic rings. The maximum atomic E-state index is 14.2. The van der Waals surface area contributed by atoms with Gasteiger partial charge in [0.25, 0.3) is 0 Å². The average molecular weight is 893 g/mol. The summed E-state index contributed by atoms with van der Waals surface area (Å²) in [6.07, 6.45) is 4.21. The quantitative estimate of drug-likeness (QED) is 0.0128. The number of unbranched alkanes of at least 4 members (excludes halogenated alkanes) is 2. The Balaban J connectivity index is 2.40. The number of phenols is 1. The Bertz CT molecular complexity index is 1640. The van der Waals surface area contributed by atoms with Crippen molar-refractivity contribution in [3.8, 4) is 5.75 Å². The highest BCUT2D eigenvalue weighted by Gasteiger charge is 2.40. The van der Waals surface area contributed by atoms with Crippen molar-refractivity contribution in [2.75, 3.05) is 18.4 Å². The molecule has 0 aromatic heterocycles. The third-order valence-electron chi connectivity index (χ3n) is 10.1. The maximum absolute atomic E-state index is 14.2. The third kappa shape index (κ3) is 17.3. The van der Waals surface area contributed by atoms with E-state index >= 15 is 0 Å². The second-order valence-electron chi connectivity index (χ2n) is 15.3. The molecule has 0 spiro atoms. The molecule has 0 aliphatic carbocycles. The van der Waals surface area contributed by atoms with Crippen molar-refractivity contribution < 1.29 is 39.0 Å². The fourth-order valence-corrected chi connectivity index (χ4v) is 7.10. The Labute approximate surface area is 354 Å². The lowest BCUT2D eigenvalue weighted by molar-refractivity contribution is -0.143. The molecule has 1 heterocycles. The van der Waals surface area contributed by atoms with E-state index in [1.165, 1.54) is 17.0 Å². The molecule has 0 saturated carbocycles. The number of halogens is 1. The molecule has 1 fully saturated rings. The number of benzene rings is 1. The van der Waals surface area contributed by atoms with E-state index in [4.69, 9.17) is 11.5 Å². The van der Waals surface area contributed by atoms with Crippen LogP contribution in [0.5, 0.6) is 5.75 Å². The number of alkyl halides is 1. The van der Waals surface area contributed by atoms with E-state index in [9.17, 15) is 44.5 Å². The molecule has 5 amide bonds. The first-order chi connectivity index (χ1) is 28.0. The molecule has 59 heavy (non-hydrogen) atoms. The zero-order valence-corrected chi connectivity index (χ0v) is 36.0. The van der Waals surface area contributed by atoms with Crippen LogP contribution in [0.25, 0.3) is 10.4 Å².